The van der Waals surface area contributed by atoms with Crippen molar-refractivity contribution in [2.75, 3.05) is 0 Å². The lowest BCUT2D eigenvalue weighted by atomic mass is 9.90. The SMILES string of the molecule is CC(C)(C)OC(=O)NC1CCCC(n2c(-c3ccccn3)nc3cc(Br)ncc32)C1. The molecule has 1 fully saturated rings. The van der Waals surface area contributed by atoms with E-state index in [4.69, 9.17) is 9.72 Å². The Balaban J connectivity index is 1.65. The summed E-state index contributed by atoms with van der Waals surface area (Å²) in [7, 11) is 0. The molecule has 30 heavy (non-hydrogen) atoms. The number of hydrogen-bond acceptors (Lipinski definition) is 5. The van der Waals surface area contributed by atoms with Crippen LogP contribution in [0.25, 0.3) is 22.6 Å². The molecule has 3 heterocycles. The van der Waals surface area contributed by atoms with Gasteiger partial charge in [-0.1, -0.05) is 6.07 Å². The number of halogens is 1. The van der Waals surface area contributed by atoms with E-state index in [1.165, 1.54) is 0 Å². The number of carbonyl (C=O) groups excluding carboxylic acids is 1. The van der Waals surface area contributed by atoms with Crippen molar-refractivity contribution >= 4 is 33.1 Å². The van der Waals surface area contributed by atoms with E-state index in [0.717, 1.165) is 52.8 Å². The minimum Gasteiger partial charge on any atom is -0.444 e. The lowest BCUT2D eigenvalue weighted by Crippen LogP contribution is -2.41. The normalized spacial score (nSPS) is 19.6. The monoisotopic (exact) mass is 471 g/mol. The molecule has 3 aromatic heterocycles. The van der Waals surface area contributed by atoms with E-state index in [1.807, 2.05) is 51.2 Å². The van der Waals surface area contributed by atoms with Gasteiger partial charge in [-0.05, 0) is 80.6 Å². The highest BCUT2D eigenvalue weighted by Crippen LogP contribution is 2.36. The van der Waals surface area contributed by atoms with Crippen molar-refractivity contribution in [2.45, 2.75) is 64.1 Å². The molecular weight excluding hydrogens is 446 g/mol. The third-order valence-electron chi connectivity index (χ3n) is 5.17. The van der Waals surface area contributed by atoms with Gasteiger partial charge in [0, 0.05) is 18.3 Å². The van der Waals surface area contributed by atoms with E-state index in [2.05, 4.69) is 35.8 Å². The number of carbonyl (C=O) groups is 1. The van der Waals surface area contributed by atoms with Gasteiger partial charge in [0.1, 0.15) is 15.9 Å². The second kappa shape index (κ2) is 8.34. The number of rotatable bonds is 3. The Hall–Kier alpha value is -2.48. The number of nitrogens with zero attached hydrogens (tertiary/aromatic N) is 4. The summed E-state index contributed by atoms with van der Waals surface area (Å²) in [5.74, 6) is 0.827. The highest BCUT2D eigenvalue weighted by Gasteiger charge is 2.29. The average Bonchev–Trinajstić information content (AvgIpc) is 3.06. The van der Waals surface area contributed by atoms with Gasteiger partial charge in [-0.3, -0.25) is 4.98 Å². The van der Waals surface area contributed by atoms with Crippen LogP contribution in [-0.4, -0.2) is 37.3 Å². The standard InChI is InChI=1S/C22H26BrN5O2/c1-22(2,3)30-21(29)26-14-7-6-8-15(11-14)28-18-13-25-19(23)12-17(18)27-20(28)16-9-4-5-10-24-16/h4-5,9-10,12-15H,6-8,11H2,1-3H3,(H,26,29). The molecule has 2 unspecified atom stereocenters. The summed E-state index contributed by atoms with van der Waals surface area (Å²) in [6.45, 7) is 5.62. The highest BCUT2D eigenvalue weighted by molar-refractivity contribution is 9.10. The number of alkyl carbamates (subject to hydrolysis) is 1. The summed E-state index contributed by atoms with van der Waals surface area (Å²) in [6, 6.07) is 8.00. The van der Waals surface area contributed by atoms with Crippen LogP contribution in [0.15, 0.2) is 41.3 Å². The van der Waals surface area contributed by atoms with Crippen LogP contribution in [-0.2, 0) is 4.74 Å². The predicted molar refractivity (Wildman–Crippen MR) is 119 cm³/mol. The number of ether oxygens (including phenoxy) is 1. The van der Waals surface area contributed by atoms with E-state index < -0.39 is 5.60 Å². The molecule has 0 saturated heterocycles. The van der Waals surface area contributed by atoms with Crippen molar-refractivity contribution in [2.24, 2.45) is 0 Å². The Bertz CT molecular complexity index is 1040. The van der Waals surface area contributed by atoms with E-state index in [1.54, 1.807) is 6.20 Å². The van der Waals surface area contributed by atoms with Gasteiger partial charge in [0.2, 0.25) is 0 Å². The van der Waals surface area contributed by atoms with Gasteiger partial charge >= 0.3 is 6.09 Å². The Morgan fingerprint density at radius 1 is 1.27 bits per heavy atom. The molecule has 1 aliphatic carbocycles. The largest absolute Gasteiger partial charge is 0.444 e. The first-order valence-corrected chi connectivity index (χ1v) is 11.0. The Kier molecular flexibility index (Phi) is 5.77. The fourth-order valence-corrected chi connectivity index (χ4v) is 4.34. The van der Waals surface area contributed by atoms with Crippen molar-refractivity contribution in [3.8, 4) is 11.5 Å². The average molecular weight is 472 g/mol. The van der Waals surface area contributed by atoms with Crippen molar-refractivity contribution in [1.82, 2.24) is 24.8 Å². The lowest BCUT2D eigenvalue weighted by molar-refractivity contribution is 0.0486. The zero-order valence-electron chi connectivity index (χ0n) is 17.4. The lowest BCUT2D eigenvalue weighted by Gasteiger charge is -2.32. The minimum absolute atomic E-state index is 0.0519. The number of imidazole rings is 1. The maximum Gasteiger partial charge on any atom is 0.407 e. The first-order valence-electron chi connectivity index (χ1n) is 10.2. The molecule has 7 nitrogen and oxygen atoms in total. The van der Waals surface area contributed by atoms with Gasteiger partial charge < -0.3 is 14.6 Å². The van der Waals surface area contributed by atoms with Crippen molar-refractivity contribution < 1.29 is 9.53 Å². The third-order valence-corrected chi connectivity index (χ3v) is 5.60. The van der Waals surface area contributed by atoms with Crippen LogP contribution < -0.4 is 5.32 Å². The zero-order valence-corrected chi connectivity index (χ0v) is 19.0. The fraction of sp³-hybridized carbons (Fsp3) is 0.455. The number of nitrogens with one attached hydrogen (secondary N) is 1. The van der Waals surface area contributed by atoms with E-state index in [9.17, 15) is 4.79 Å². The molecule has 1 N–H and O–H groups in total. The molecule has 4 rings (SSSR count). The second-order valence-corrected chi connectivity index (χ2v) is 9.49. The van der Waals surface area contributed by atoms with Gasteiger partial charge in [0.05, 0.1) is 17.2 Å². The molecule has 0 aromatic carbocycles. The van der Waals surface area contributed by atoms with E-state index in [-0.39, 0.29) is 18.2 Å². The molecular formula is C22H26BrN5O2. The molecule has 1 aliphatic rings. The summed E-state index contributed by atoms with van der Waals surface area (Å²) in [5, 5.41) is 3.05. The first kappa shape index (κ1) is 20.8. The van der Waals surface area contributed by atoms with Crippen LogP contribution in [0.1, 0.15) is 52.5 Å². The molecule has 0 spiro atoms. The Labute approximate surface area is 184 Å². The Morgan fingerprint density at radius 2 is 2.10 bits per heavy atom. The predicted octanol–water partition coefficient (Wildman–Crippen LogP) is 5.26. The van der Waals surface area contributed by atoms with Crippen molar-refractivity contribution in [1.29, 1.82) is 0 Å². The topological polar surface area (TPSA) is 81.9 Å². The number of fused-ring (bicyclic) bond motifs is 1. The summed E-state index contributed by atoms with van der Waals surface area (Å²) in [5.41, 5.74) is 2.16. The quantitative estimate of drug-likeness (QED) is 0.526. The van der Waals surface area contributed by atoms with Crippen molar-refractivity contribution in [3.63, 3.8) is 0 Å². The van der Waals surface area contributed by atoms with Crippen LogP contribution in [0, 0.1) is 0 Å². The van der Waals surface area contributed by atoms with Crippen LogP contribution in [0.4, 0.5) is 4.79 Å². The first-order chi connectivity index (χ1) is 14.3. The van der Waals surface area contributed by atoms with Gasteiger partial charge in [0.15, 0.2) is 5.82 Å². The molecule has 0 radical (unpaired) electrons. The molecule has 8 heteroatoms. The third kappa shape index (κ3) is 4.64. The summed E-state index contributed by atoms with van der Waals surface area (Å²) in [6.07, 6.45) is 7.03. The van der Waals surface area contributed by atoms with Gasteiger partial charge in [-0.25, -0.2) is 14.8 Å². The second-order valence-electron chi connectivity index (χ2n) is 8.68. The minimum atomic E-state index is -0.510. The molecule has 3 aromatic rings. The van der Waals surface area contributed by atoms with E-state index >= 15 is 0 Å². The zero-order chi connectivity index (χ0) is 21.3. The van der Waals surface area contributed by atoms with Gasteiger partial charge in [0.25, 0.3) is 0 Å². The molecule has 1 amide bonds. The summed E-state index contributed by atoms with van der Waals surface area (Å²) in [4.78, 5) is 26.1. The number of hydrogen-bond donors (Lipinski definition) is 1. The number of amides is 1. The maximum absolute atomic E-state index is 12.3. The highest BCUT2D eigenvalue weighted by atomic mass is 79.9. The van der Waals surface area contributed by atoms with Gasteiger partial charge in [-0.2, -0.15) is 0 Å². The Morgan fingerprint density at radius 3 is 2.83 bits per heavy atom. The number of aromatic nitrogens is 4. The van der Waals surface area contributed by atoms with Crippen molar-refractivity contribution in [3.05, 3.63) is 41.3 Å². The maximum atomic E-state index is 12.3. The van der Waals surface area contributed by atoms with Crippen LogP contribution in [0.2, 0.25) is 0 Å². The summed E-state index contributed by atoms with van der Waals surface area (Å²) < 4.78 is 8.43. The van der Waals surface area contributed by atoms with Crippen LogP contribution in [0.3, 0.4) is 0 Å². The molecule has 1 saturated carbocycles. The molecule has 0 bridgehead atoms. The summed E-state index contributed by atoms with van der Waals surface area (Å²) >= 11 is 3.44. The van der Waals surface area contributed by atoms with Gasteiger partial charge in [-0.15, -0.1) is 0 Å². The fourth-order valence-electron chi connectivity index (χ4n) is 4.02. The smallest absolute Gasteiger partial charge is 0.407 e. The number of pyridine rings is 2. The molecule has 158 valence electrons. The van der Waals surface area contributed by atoms with Crippen LogP contribution in [0.5, 0.6) is 0 Å². The van der Waals surface area contributed by atoms with E-state index in [0.29, 0.717) is 0 Å². The van der Waals surface area contributed by atoms with Crippen LogP contribution >= 0.6 is 15.9 Å². The molecule has 2 atom stereocenters. The molecule has 0 aliphatic heterocycles.